The minimum Gasteiger partial charge on any atom is -0.333 e. The van der Waals surface area contributed by atoms with E-state index in [9.17, 15) is 9.18 Å². The lowest BCUT2D eigenvalue weighted by Gasteiger charge is -2.20. The molecule has 0 aliphatic carbocycles. The summed E-state index contributed by atoms with van der Waals surface area (Å²) < 4.78 is 13.2. The van der Waals surface area contributed by atoms with E-state index in [1.54, 1.807) is 35.2 Å². The van der Waals surface area contributed by atoms with Gasteiger partial charge in [-0.05, 0) is 36.8 Å². The van der Waals surface area contributed by atoms with Gasteiger partial charge in [-0.15, -0.1) is 0 Å². The van der Waals surface area contributed by atoms with Gasteiger partial charge >= 0.3 is 0 Å². The molecule has 1 aromatic carbocycles. The molecule has 0 N–H and O–H groups in total. The number of aromatic nitrogens is 1. The van der Waals surface area contributed by atoms with Crippen molar-refractivity contribution in [2.45, 2.75) is 13.5 Å². The zero-order valence-electron chi connectivity index (χ0n) is 11.0. The van der Waals surface area contributed by atoms with Crippen molar-refractivity contribution in [3.8, 4) is 0 Å². The summed E-state index contributed by atoms with van der Waals surface area (Å²) in [7, 11) is 0. The fourth-order valence-corrected chi connectivity index (χ4v) is 2.04. The van der Waals surface area contributed by atoms with E-state index >= 15 is 0 Å². The standard InChI is InChI=1S/C15H14ClFN2O/c1-2-19(10-11-5-3-6-12(17)9-11)15(20)13-7-4-8-14(16)18-13/h3-9H,2,10H2,1H3. The van der Waals surface area contributed by atoms with Crippen molar-refractivity contribution < 1.29 is 9.18 Å². The highest BCUT2D eigenvalue weighted by molar-refractivity contribution is 6.29. The van der Waals surface area contributed by atoms with Gasteiger partial charge in [0, 0.05) is 13.1 Å². The molecule has 0 radical (unpaired) electrons. The summed E-state index contributed by atoms with van der Waals surface area (Å²) in [4.78, 5) is 17.9. The first-order chi connectivity index (χ1) is 9.60. The van der Waals surface area contributed by atoms with Crippen LogP contribution in [-0.2, 0) is 6.54 Å². The zero-order valence-corrected chi connectivity index (χ0v) is 11.8. The molecule has 2 rings (SSSR count). The molecule has 0 aliphatic heterocycles. The third kappa shape index (κ3) is 3.54. The molecule has 0 spiro atoms. The molecular weight excluding hydrogens is 279 g/mol. The maximum atomic E-state index is 13.2. The summed E-state index contributed by atoms with van der Waals surface area (Å²) in [5.74, 6) is -0.536. The van der Waals surface area contributed by atoms with Crippen molar-refractivity contribution in [2.75, 3.05) is 6.54 Å². The number of carbonyl (C=O) groups excluding carboxylic acids is 1. The number of rotatable bonds is 4. The second-order valence-electron chi connectivity index (χ2n) is 4.29. The number of halogens is 2. The van der Waals surface area contributed by atoms with Crippen LogP contribution in [0.1, 0.15) is 23.0 Å². The van der Waals surface area contributed by atoms with Crippen LogP contribution in [0.25, 0.3) is 0 Å². The number of amides is 1. The third-order valence-electron chi connectivity index (χ3n) is 2.87. The normalized spacial score (nSPS) is 10.3. The third-order valence-corrected chi connectivity index (χ3v) is 3.08. The SMILES string of the molecule is CCN(Cc1cccc(F)c1)C(=O)c1cccc(Cl)n1. The van der Waals surface area contributed by atoms with Crippen LogP contribution in [-0.4, -0.2) is 22.3 Å². The smallest absolute Gasteiger partial charge is 0.272 e. The molecule has 0 aliphatic rings. The van der Waals surface area contributed by atoms with Crippen LogP contribution in [0.4, 0.5) is 4.39 Å². The van der Waals surface area contributed by atoms with Crippen molar-refractivity contribution in [2.24, 2.45) is 0 Å². The van der Waals surface area contributed by atoms with E-state index in [2.05, 4.69) is 4.98 Å². The highest BCUT2D eigenvalue weighted by Gasteiger charge is 2.16. The number of hydrogen-bond donors (Lipinski definition) is 0. The van der Waals surface area contributed by atoms with Crippen LogP contribution in [0, 0.1) is 5.82 Å². The first-order valence-electron chi connectivity index (χ1n) is 6.26. The van der Waals surface area contributed by atoms with Gasteiger partial charge in [-0.3, -0.25) is 4.79 Å². The first-order valence-corrected chi connectivity index (χ1v) is 6.64. The van der Waals surface area contributed by atoms with Crippen molar-refractivity contribution in [1.82, 2.24) is 9.88 Å². The molecule has 5 heteroatoms. The van der Waals surface area contributed by atoms with Crippen LogP contribution >= 0.6 is 11.6 Å². The molecule has 0 atom stereocenters. The summed E-state index contributed by atoms with van der Waals surface area (Å²) >= 11 is 5.79. The Hall–Kier alpha value is -1.94. The van der Waals surface area contributed by atoms with E-state index in [1.165, 1.54) is 12.1 Å². The van der Waals surface area contributed by atoms with Gasteiger partial charge in [-0.2, -0.15) is 0 Å². The summed E-state index contributed by atoms with van der Waals surface area (Å²) in [5, 5.41) is 0.276. The molecule has 0 saturated carbocycles. The van der Waals surface area contributed by atoms with E-state index in [0.29, 0.717) is 13.1 Å². The van der Waals surface area contributed by atoms with Gasteiger partial charge in [0.2, 0.25) is 0 Å². The van der Waals surface area contributed by atoms with Gasteiger partial charge in [0.25, 0.3) is 5.91 Å². The molecular formula is C15H14ClFN2O. The number of hydrogen-bond acceptors (Lipinski definition) is 2. The van der Waals surface area contributed by atoms with Gasteiger partial charge in [0.15, 0.2) is 0 Å². The fourth-order valence-electron chi connectivity index (χ4n) is 1.87. The highest BCUT2D eigenvalue weighted by atomic mass is 35.5. The van der Waals surface area contributed by atoms with Crippen molar-refractivity contribution in [3.05, 3.63) is 64.7 Å². The number of nitrogens with zero attached hydrogens (tertiary/aromatic N) is 2. The van der Waals surface area contributed by atoms with Crippen LogP contribution in [0.2, 0.25) is 5.15 Å². The van der Waals surface area contributed by atoms with Crippen molar-refractivity contribution in [3.63, 3.8) is 0 Å². The Kier molecular flexibility index (Phi) is 4.69. The lowest BCUT2D eigenvalue weighted by molar-refractivity contribution is 0.0746. The molecule has 0 fully saturated rings. The predicted octanol–water partition coefficient (Wildman–Crippen LogP) is 3.54. The lowest BCUT2D eigenvalue weighted by atomic mass is 10.2. The monoisotopic (exact) mass is 292 g/mol. The summed E-state index contributed by atoms with van der Waals surface area (Å²) in [6.45, 7) is 2.70. The van der Waals surface area contributed by atoms with E-state index < -0.39 is 0 Å². The van der Waals surface area contributed by atoms with E-state index in [1.807, 2.05) is 6.92 Å². The molecule has 104 valence electrons. The largest absolute Gasteiger partial charge is 0.333 e. The van der Waals surface area contributed by atoms with E-state index in [4.69, 9.17) is 11.6 Å². The van der Waals surface area contributed by atoms with Crippen molar-refractivity contribution >= 4 is 17.5 Å². The maximum Gasteiger partial charge on any atom is 0.272 e. The van der Waals surface area contributed by atoms with Crippen LogP contribution in [0.5, 0.6) is 0 Å². The van der Waals surface area contributed by atoms with E-state index in [-0.39, 0.29) is 22.6 Å². The highest BCUT2D eigenvalue weighted by Crippen LogP contribution is 2.12. The predicted molar refractivity (Wildman–Crippen MR) is 76.1 cm³/mol. The minimum atomic E-state index is -0.313. The van der Waals surface area contributed by atoms with Gasteiger partial charge < -0.3 is 4.90 Å². The topological polar surface area (TPSA) is 33.2 Å². The Morgan fingerprint density at radius 2 is 2.05 bits per heavy atom. The number of pyridine rings is 1. The van der Waals surface area contributed by atoms with E-state index in [0.717, 1.165) is 5.56 Å². The van der Waals surface area contributed by atoms with Crippen LogP contribution < -0.4 is 0 Å². The average Bonchev–Trinajstić information content (AvgIpc) is 2.44. The van der Waals surface area contributed by atoms with Gasteiger partial charge in [0.05, 0.1) is 0 Å². The van der Waals surface area contributed by atoms with Gasteiger partial charge in [0.1, 0.15) is 16.7 Å². The number of benzene rings is 1. The zero-order chi connectivity index (χ0) is 14.5. The van der Waals surface area contributed by atoms with Crippen LogP contribution in [0.15, 0.2) is 42.5 Å². The van der Waals surface area contributed by atoms with Crippen molar-refractivity contribution in [1.29, 1.82) is 0 Å². The quantitative estimate of drug-likeness (QED) is 0.808. The molecule has 3 nitrogen and oxygen atoms in total. The Balaban J connectivity index is 2.18. The average molecular weight is 293 g/mol. The van der Waals surface area contributed by atoms with Gasteiger partial charge in [-0.1, -0.05) is 29.8 Å². The molecule has 20 heavy (non-hydrogen) atoms. The number of carbonyl (C=O) groups is 1. The molecule has 2 aromatic rings. The maximum absolute atomic E-state index is 13.2. The lowest BCUT2D eigenvalue weighted by Crippen LogP contribution is -2.31. The summed E-state index contributed by atoms with van der Waals surface area (Å²) in [6, 6.07) is 11.1. The molecule has 0 bridgehead atoms. The summed E-state index contributed by atoms with van der Waals surface area (Å²) in [5.41, 5.74) is 1.03. The molecule has 1 amide bonds. The van der Waals surface area contributed by atoms with Crippen LogP contribution in [0.3, 0.4) is 0 Å². The second kappa shape index (κ2) is 6.48. The molecule has 0 unspecified atom stereocenters. The second-order valence-corrected chi connectivity index (χ2v) is 4.68. The minimum absolute atomic E-state index is 0.223. The Morgan fingerprint density at radius 3 is 2.70 bits per heavy atom. The van der Waals surface area contributed by atoms with Gasteiger partial charge in [-0.25, -0.2) is 9.37 Å². The Morgan fingerprint density at radius 1 is 1.30 bits per heavy atom. The first kappa shape index (κ1) is 14.5. The summed E-state index contributed by atoms with van der Waals surface area (Å²) in [6.07, 6.45) is 0. The molecule has 1 heterocycles. The molecule has 0 saturated heterocycles. The Bertz CT molecular complexity index is 618. The Labute approximate surface area is 122 Å². The molecule has 1 aromatic heterocycles. The fraction of sp³-hybridized carbons (Fsp3) is 0.200.